The first-order valence-corrected chi connectivity index (χ1v) is 8.70. The fourth-order valence-electron chi connectivity index (χ4n) is 3.26. The van der Waals surface area contributed by atoms with E-state index in [0.717, 1.165) is 18.9 Å². The summed E-state index contributed by atoms with van der Waals surface area (Å²) in [6, 6.07) is 0.938. The molecular formula is C17H23F3N6O. The van der Waals surface area contributed by atoms with E-state index in [1.807, 2.05) is 0 Å². The molecule has 3 rings (SSSR count). The van der Waals surface area contributed by atoms with Gasteiger partial charge in [0.1, 0.15) is 17.7 Å². The number of alkyl halides is 3. The highest BCUT2D eigenvalue weighted by Crippen LogP contribution is 2.33. The van der Waals surface area contributed by atoms with Gasteiger partial charge in [0.15, 0.2) is 5.69 Å². The van der Waals surface area contributed by atoms with Gasteiger partial charge in [-0.3, -0.25) is 0 Å². The number of aromatic nitrogens is 4. The topological polar surface area (TPSA) is 70.3 Å². The maximum absolute atomic E-state index is 13.2. The van der Waals surface area contributed by atoms with Crippen molar-refractivity contribution in [2.24, 2.45) is 13.0 Å². The van der Waals surface area contributed by atoms with Crippen molar-refractivity contribution in [2.45, 2.75) is 25.1 Å². The second-order valence-electron chi connectivity index (χ2n) is 6.99. The van der Waals surface area contributed by atoms with E-state index in [0.29, 0.717) is 18.9 Å². The summed E-state index contributed by atoms with van der Waals surface area (Å²) >= 11 is 0. The Morgan fingerprint density at radius 3 is 2.63 bits per heavy atom. The summed E-state index contributed by atoms with van der Waals surface area (Å²) in [6.45, 7) is 0.903. The number of aryl methyl sites for hydroxylation is 1. The van der Waals surface area contributed by atoms with E-state index in [4.69, 9.17) is 0 Å². The summed E-state index contributed by atoms with van der Waals surface area (Å²) in [5, 5.41) is 10.7. The van der Waals surface area contributed by atoms with Crippen LogP contribution in [-0.2, 0) is 13.2 Å². The van der Waals surface area contributed by atoms with Crippen LogP contribution >= 0.6 is 0 Å². The van der Waals surface area contributed by atoms with Crippen molar-refractivity contribution >= 4 is 11.8 Å². The lowest BCUT2D eigenvalue weighted by atomic mass is 9.92. The molecule has 2 aromatic heterocycles. The summed E-state index contributed by atoms with van der Waals surface area (Å²) < 4.78 is 41.5. The molecule has 1 aliphatic rings. The SMILES string of the molecule is CN(C)c1cc(C(F)(F)F)nc(N2CCCC(C(O)c3nccn3C)C2)n1. The van der Waals surface area contributed by atoms with Crippen molar-refractivity contribution < 1.29 is 18.3 Å². The highest BCUT2D eigenvalue weighted by molar-refractivity contribution is 5.46. The van der Waals surface area contributed by atoms with Crippen LogP contribution in [0.4, 0.5) is 24.9 Å². The van der Waals surface area contributed by atoms with Gasteiger partial charge >= 0.3 is 6.18 Å². The lowest BCUT2D eigenvalue weighted by molar-refractivity contribution is -0.141. The molecule has 1 fully saturated rings. The van der Waals surface area contributed by atoms with Crippen LogP contribution in [0.3, 0.4) is 0 Å². The first kappa shape index (κ1) is 19.4. The minimum Gasteiger partial charge on any atom is -0.385 e. The van der Waals surface area contributed by atoms with Gasteiger partial charge in [-0.2, -0.15) is 18.2 Å². The highest BCUT2D eigenvalue weighted by atomic mass is 19.4. The zero-order valence-electron chi connectivity index (χ0n) is 15.5. The zero-order chi connectivity index (χ0) is 19.8. The Morgan fingerprint density at radius 1 is 1.30 bits per heavy atom. The number of imidazole rings is 1. The van der Waals surface area contributed by atoms with Gasteiger partial charge in [-0.1, -0.05) is 0 Å². The summed E-state index contributed by atoms with van der Waals surface area (Å²) in [5.74, 6) is 0.603. The summed E-state index contributed by atoms with van der Waals surface area (Å²) in [6.07, 6.45) is -0.513. The third-order valence-corrected chi connectivity index (χ3v) is 4.76. The van der Waals surface area contributed by atoms with Crippen LogP contribution in [0.15, 0.2) is 18.5 Å². The number of rotatable bonds is 4. The second-order valence-corrected chi connectivity index (χ2v) is 6.99. The molecule has 2 unspecified atom stereocenters. The average molecular weight is 384 g/mol. The lowest BCUT2D eigenvalue weighted by Gasteiger charge is -2.35. The number of nitrogens with zero attached hydrogens (tertiary/aromatic N) is 6. The van der Waals surface area contributed by atoms with Crippen molar-refractivity contribution in [1.82, 2.24) is 19.5 Å². The molecule has 0 amide bonds. The van der Waals surface area contributed by atoms with E-state index < -0.39 is 18.0 Å². The Bertz CT molecular complexity index is 791. The standard InChI is InChI=1S/C17H23F3N6O/c1-24(2)13-9-12(17(18,19)20)22-16(23-13)26-7-4-5-11(10-26)14(27)15-21-6-8-25(15)3/h6,8-9,11,14,27H,4-5,7,10H2,1-3H3. The monoisotopic (exact) mass is 384 g/mol. The van der Waals surface area contributed by atoms with Gasteiger partial charge in [0.05, 0.1) is 0 Å². The van der Waals surface area contributed by atoms with E-state index in [1.165, 1.54) is 4.90 Å². The molecule has 3 heterocycles. The molecule has 2 aromatic rings. The molecule has 0 radical (unpaired) electrons. The fraction of sp³-hybridized carbons (Fsp3) is 0.588. The van der Waals surface area contributed by atoms with E-state index in [9.17, 15) is 18.3 Å². The Balaban J connectivity index is 1.87. The molecule has 0 aromatic carbocycles. The number of halogens is 3. The summed E-state index contributed by atoms with van der Waals surface area (Å²) in [7, 11) is 5.07. The van der Waals surface area contributed by atoms with Crippen molar-refractivity contribution in [1.29, 1.82) is 0 Å². The van der Waals surface area contributed by atoms with Crippen molar-refractivity contribution in [2.75, 3.05) is 37.0 Å². The number of hydrogen-bond acceptors (Lipinski definition) is 6. The van der Waals surface area contributed by atoms with Gasteiger partial charge in [-0.25, -0.2) is 9.97 Å². The van der Waals surface area contributed by atoms with Crippen molar-refractivity contribution in [3.8, 4) is 0 Å². The van der Waals surface area contributed by atoms with Gasteiger partial charge in [0.2, 0.25) is 5.95 Å². The Kier molecular flexibility index (Phi) is 5.27. The van der Waals surface area contributed by atoms with Crippen LogP contribution in [0.1, 0.15) is 30.5 Å². The van der Waals surface area contributed by atoms with Gasteiger partial charge in [0, 0.05) is 58.6 Å². The van der Waals surface area contributed by atoms with Gasteiger partial charge < -0.3 is 19.5 Å². The predicted molar refractivity (Wildman–Crippen MR) is 94.5 cm³/mol. The molecule has 0 saturated carbocycles. The highest BCUT2D eigenvalue weighted by Gasteiger charge is 2.36. The molecule has 1 N–H and O–H groups in total. The summed E-state index contributed by atoms with van der Waals surface area (Å²) in [4.78, 5) is 15.4. The quantitative estimate of drug-likeness (QED) is 0.872. The smallest absolute Gasteiger partial charge is 0.385 e. The maximum Gasteiger partial charge on any atom is 0.433 e. The second kappa shape index (κ2) is 7.34. The van der Waals surface area contributed by atoms with E-state index in [1.54, 1.807) is 43.0 Å². The third-order valence-electron chi connectivity index (χ3n) is 4.76. The average Bonchev–Trinajstić information content (AvgIpc) is 3.06. The van der Waals surface area contributed by atoms with Crippen LogP contribution < -0.4 is 9.80 Å². The Hall–Kier alpha value is -2.36. The van der Waals surface area contributed by atoms with Crippen molar-refractivity contribution in [3.63, 3.8) is 0 Å². The minimum atomic E-state index is -4.55. The molecular weight excluding hydrogens is 361 g/mol. The van der Waals surface area contributed by atoms with E-state index in [-0.39, 0.29) is 17.7 Å². The molecule has 1 saturated heterocycles. The maximum atomic E-state index is 13.2. The number of piperidine rings is 1. The van der Waals surface area contributed by atoms with Crippen LogP contribution in [0.5, 0.6) is 0 Å². The number of hydrogen-bond donors (Lipinski definition) is 1. The normalized spacial score (nSPS) is 19.2. The van der Waals surface area contributed by atoms with Gasteiger partial charge in [-0.15, -0.1) is 0 Å². The Morgan fingerprint density at radius 2 is 2.04 bits per heavy atom. The zero-order valence-corrected chi connectivity index (χ0v) is 15.5. The van der Waals surface area contributed by atoms with E-state index in [2.05, 4.69) is 15.0 Å². The van der Waals surface area contributed by atoms with Gasteiger partial charge in [-0.05, 0) is 12.8 Å². The molecule has 0 aliphatic carbocycles. The van der Waals surface area contributed by atoms with E-state index >= 15 is 0 Å². The number of aliphatic hydroxyl groups excluding tert-OH is 1. The molecule has 10 heteroatoms. The van der Waals surface area contributed by atoms with Crippen LogP contribution in [0, 0.1) is 5.92 Å². The molecule has 0 spiro atoms. The number of anilines is 2. The largest absolute Gasteiger partial charge is 0.433 e. The molecule has 1 aliphatic heterocycles. The molecule has 2 atom stereocenters. The Labute approximate surface area is 155 Å². The first-order valence-electron chi connectivity index (χ1n) is 8.70. The molecule has 148 valence electrons. The van der Waals surface area contributed by atoms with Crippen LogP contribution in [-0.4, -0.2) is 51.8 Å². The molecule has 27 heavy (non-hydrogen) atoms. The molecule has 7 nitrogen and oxygen atoms in total. The first-order chi connectivity index (χ1) is 12.7. The molecule has 0 bridgehead atoms. The predicted octanol–water partition coefficient (Wildman–Crippen LogP) is 2.24. The van der Waals surface area contributed by atoms with Gasteiger partial charge in [0.25, 0.3) is 0 Å². The number of aliphatic hydroxyl groups is 1. The lowest BCUT2D eigenvalue weighted by Crippen LogP contribution is -2.39. The third kappa shape index (κ3) is 4.15. The van der Waals surface area contributed by atoms with Crippen LogP contribution in [0.25, 0.3) is 0 Å². The van der Waals surface area contributed by atoms with Crippen LogP contribution in [0.2, 0.25) is 0 Å². The minimum absolute atomic E-state index is 0.0327. The fourth-order valence-corrected chi connectivity index (χ4v) is 3.26. The van der Waals surface area contributed by atoms with Crippen molar-refractivity contribution in [3.05, 3.63) is 30.0 Å². The summed E-state index contributed by atoms with van der Waals surface area (Å²) in [5.41, 5.74) is -0.969.